The van der Waals surface area contributed by atoms with Crippen molar-refractivity contribution in [1.29, 1.82) is 0 Å². The van der Waals surface area contributed by atoms with Crippen LogP contribution in [0.3, 0.4) is 0 Å². The highest BCUT2D eigenvalue weighted by Crippen LogP contribution is 2.49. The molecule has 2 bridgehead atoms. The van der Waals surface area contributed by atoms with E-state index in [2.05, 4.69) is 27.8 Å². The van der Waals surface area contributed by atoms with Crippen molar-refractivity contribution in [2.24, 2.45) is 17.8 Å². The third kappa shape index (κ3) is 2.73. The molecule has 1 aromatic carbocycles. The van der Waals surface area contributed by atoms with Crippen molar-refractivity contribution in [2.45, 2.75) is 38.6 Å². The molecule has 1 aromatic heterocycles. The van der Waals surface area contributed by atoms with Gasteiger partial charge in [-0.3, -0.25) is 4.79 Å². The standard InChI is InChI=1S/C17H21N5O/c1-11(16-9-12-2-3-14(16)8-12)19-17(23)13-4-6-15(7-5-13)22-10-18-20-21-22/h4-7,10-12,14,16H,2-3,8-9H2,1H3,(H,19,23)/t11-,12-,14-,16-/m0/s1. The summed E-state index contributed by atoms with van der Waals surface area (Å²) in [5.41, 5.74) is 1.52. The second-order valence-electron chi connectivity index (χ2n) is 6.90. The Morgan fingerprint density at radius 1 is 1.26 bits per heavy atom. The van der Waals surface area contributed by atoms with Gasteiger partial charge in [-0.25, -0.2) is 4.68 Å². The van der Waals surface area contributed by atoms with Crippen LogP contribution in [0.15, 0.2) is 30.6 Å². The van der Waals surface area contributed by atoms with E-state index in [4.69, 9.17) is 0 Å². The van der Waals surface area contributed by atoms with Gasteiger partial charge >= 0.3 is 0 Å². The normalized spacial score (nSPS) is 27.1. The van der Waals surface area contributed by atoms with Gasteiger partial charge < -0.3 is 5.32 Å². The zero-order valence-electron chi connectivity index (χ0n) is 13.2. The fraction of sp³-hybridized carbons (Fsp3) is 0.529. The molecule has 120 valence electrons. The molecule has 1 amide bonds. The lowest BCUT2D eigenvalue weighted by Crippen LogP contribution is -2.40. The molecule has 0 saturated heterocycles. The number of nitrogens with zero attached hydrogens (tertiary/aromatic N) is 4. The van der Waals surface area contributed by atoms with Gasteiger partial charge in [0.2, 0.25) is 0 Å². The number of carbonyl (C=O) groups excluding carboxylic acids is 1. The SMILES string of the molecule is C[C@H](NC(=O)c1ccc(-n2cnnn2)cc1)[C@@H]1C[C@H]2CC[C@H]1C2. The fourth-order valence-corrected chi connectivity index (χ4v) is 4.35. The number of benzene rings is 1. The Labute approximate surface area is 135 Å². The van der Waals surface area contributed by atoms with E-state index >= 15 is 0 Å². The van der Waals surface area contributed by atoms with Crippen molar-refractivity contribution in [3.8, 4) is 5.69 Å². The average Bonchev–Trinajstić information content (AvgIpc) is 3.32. The summed E-state index contributed by atoms with van der Waals surface area (Å²) in [6, 6.07) is 7.60. The van der Waals surface area contributed by atoms with E-state index in [0.717, 1.165) is 17.5 Å². The summed E-state index contributed by atoms with van der Waals surface area (Å²) in [6.07, 6.45) is 6.92. The van der Waals surface area contributed by atoms with Gasteiger partial charge in [-0.2, -0.15) is 0 Å². The maximum atomic E-state index is 12.5. The Morgan fingerprint density at radius 3 is 2.70 bits per heavy atom. The minimum absolute atomic E-state index is 0.00328. The maximum absolute atomic E-state index is 12.5. The van der Waals surface area contributed by atoms with Crippen molar-refractivity contribution < 1.29 is 4.79 Å². The van der Waals surface area contributed by atoms with E-state index < -0.39 is 0 Å². The van der Waals surface area contributed by atoms with Gasteiger partial charge in [0.1, 0.15) is 6.33 Å². The first-order valence-corrected chi connectivity index (χ1v) is 8.35. The van der Waals surface area contributed by atoms with Gasteiger partial charge in [0.05, 0.1) is 5.69 Å². The van der Waals surface area contributed by atoms with Crippen LogP contribution in [0.2, 0.25) is 0 Å². The predicted octanol–water partition coefficient (Wildman–Crippen LogP) is 2.22. The van der Waals surface area contributed by atoms with Gasteiger partial charge in [0, 0.05) is 11.6 Å². The molecule has 0 spiro atoms. The quantitative estimate of drug-likeness (QED) is 0.939. The third-order valence-corrected chi connectivity index (χ3v) is 5.54. The number of amides is 1. The summed E-state index contributed by atoms with van der Waals surface area (Å²) < 4.78 is 1.57. The smallest absolute Gasteiger partial charge is 0.251 e. The minimum Gasteiger partial charge on any atom is -0.349 e. The highest BCUT2D eigenvalue weighted by molar-refractivity contribution is 5.94. The molecule has 6 nitrogen and oxygen atoms in total. The van der Waals surface area contributed by atoms with E-state index in [1.807, 2.05) is 24.3 Å². The first-order chi connectivity index (χ1) is 11.2. The summed E-state index contributed by atoms with van der Waals surface area (Å²) in [4.78, 5) is 12.5. The number of nitrogens with one attached hydrogen (secondary N) is 1. The Kier molecular flexibility index (Phi) is 3.59. The molecule has 0 radical (unpaired) electrons. The Balaban J connectivity index is 1.41. The molecule has 2 saturated carbocycles. The predicted molar refractivity (Wildman–Crippen MR) is 85.0 cm³/mol. The maximum Gasteiger partial charge on any atom is 0.251 e. The topological polar surface area (TPSA) is 72.7 Å². The molecule has 0 unspecified atom stereocenters. The van der Waals surface area contributed by atoms with E-state index in [-0.39, 0.29) is 11.9 Å². The van der Waals surface area contributed by atoms with Crippen LogP contribution >= 0.6 is 0 Å². The number of hydrogen-bond donors (Lipinski definition) is 1. The second-order valence-corrected chi connectivity index (χ2v) is 6.90. The zero-order chi connectivity index (χ0) is 15.8. The highest BCUT2D eigenvalue weighted by Gasteiger charge is 2.42. The van der Waals surface area contributed by atoms with Crippen LogP contribution in [0.25, 0.3) is 5.69 Å². The first-order valence-electron chi connectivity index (χ1n) is 8.35. The molecule has 2 aromatic rings. The van der Waals surface area contributed by atoms with E-state index in [9.17, 15) is 4.79 Å². The Bertz CT molecular complexity index is 682. The van der Waals surface area contributed by atoms with Gasteiger partial charge in [0.25, 0.3) is 5.91 Å². The Morgan fingerprint density at radius 2 is 2.09 bits per heavy atom. The molecule has 1 N–H and O–H groups in total. The molecule has 4 rings (SSSR count). The van der Waals surface area contributed by atoms with Crippen LogP contribution in [-0.4, -0.2) is 32.2 Å². The van der Waals surface area contributed by atoms with Crippen LogP contribution < -0.4 is 5.32 Å². The largest absolute Gasteiger partial charge is 0.349 e. The van der Waals surface area contributed by atoms with Crippen molar-refractivity contribution in [3.05, 3.63) is 36.2 Å². The highest BCUT2D eigenvalue weighted by atomic mass is 16.1. The number of carbonyl (C=O) groups is 1. The summed E-state index contributed by atoms with van der Waals surface area (Å²) in [5, 5.41) is 14.3. The lowest BCUT2D eigenvalue weighted by molar-refractivity contribution is 0.0915. The van der Waals surface area contributed by atoms with Crippen LogP contribution in [0, 0.1) is 17.8 Å². The Hall–Kier alpha value is -2.24. The molecule has 2 fully saturated rings. The monoisotopic (exact) mass is 311 g/mol. The molecule has 1 heterocycles. The number of aromatic nitrogens is 4. The number of tetrazole rings is 1. The molecular formula is C17H21N5O. The van der Waals surface area contributed by atoms with Gasteiger partial charge in [-0.15, -0.1) is 5.10 Å². The van der Waals surface area contributed by atoms with Crippen molar-refractivity contribution in [2.75, 3.05) is 0 Å². The van der Waals surface area contributed by atoms with Crippen LogP contribution in [0.1, 0.15) is 43.0 Å². The van der Waals surface area contributed by atoms with Crippen LogP contribution in [0.4, 0.5) is 0 Å². The molecule has 2 aliphatic rings. The lowest BCUT2D eigenvalue weighted by atomic mass is 9.84. The molecule has 6 heteroatoms. The minimum atomic E-state index is 0.00328. The molecule has 0 aliphatic heterocycles. The summed E-state index contributed by atoms with van der Waals surface area (Å²) in [5.74, 6) is 2.37. The number of rotatable bonds is 4. The molecule has 2 aliphatic carbocycles. The van der Waals surface area contributed by atoms with Gasteiger partial charge in [0.15, 0.2) is 0 Å². The third-order valence-electron chi connectivity index (χ3n) is 5.54. The molecular weight excluding hydrogens is 290 g/mol. The average molecular weight is 311 g/mol. The van der Waals surface area contributed by atoms with Gasteiger partial charge in [-0.05, 0) is 78.6 Å². The number of hydrogen-bond acceptors (Lipinski definition) is 4. The van der Waals surface area contributed by atoms with Gasteiger partial charge in [-0.1, -0.05) is 6.42 Å². The van der Waals surface area contributed by atoms with Crippen LogP contribution in [0.5, 0.6) is 0 Å². The summed E-state index contributed by atoms with van der Waals surface area (Å²) >= 11 is 0. The van der Waals surface area contributed by atoms with Crippen molar-refractivity contribution >= 4 is 5.91 Å². The van der Waals surface area contributed by atoms with E-state index in [0.29, 0.717) is 11.5 Å². The summed E-state index contributed by atoms with van der Waals surface area (Å²) in [7, 11) is 0. The van der Waals surface area contributed by atoms with Crippen molar-refractivity contribution in [1.82, 2.24) is 25.5 Å². The molecule has 23 heavy (non-hydrogen) atoms. The zero-order valence-corrected chi connectivity index (χ0v) is 13.2. The second kappa shape index (κ2) is 5.76. The van der Waals surface area contributed by atoms with E-state index in [1.54, 1.807) is 4.68 Å². The van der Waals surface area contributed by atoms with E-state index in [1.165, 1.54) is 32.0 Å². The molecule has 4 atom stereocenters. The number of fused-ring (bicyclic) bond motifs is 2. The van der Waals surface area contributed by atoms with Crippen LogP contribution in [-0.2, 0) is 0 Å². The van der Waals surface area contributed by atoms with Crippen molar-refractivity contribution in [3.63, 3.8) is 0 Å². The summed E-state index contributed by atoms with van der Waals surface area (Å²) in [6.45, 7) is 2.15. The fourth-order valence-electron chi connectivity index (χ4n) is 4.35. The lowest BCUT2D eigenvalue weighted by Gasteiger charge is -2.28. The first kappa shape index (κ1) is 14.4.